The van der Waals surface area contributed by atoms with Crippen LogP contribution in [0.15, 0.2) is 4.99 Å². The molecule has 12 heavy (non-hydrogen) atoms. The molecule has 0 bridgehead atoms. The molecule has 0 amide bonds. The van der Waals surface area contributed by atoms with Crippen LogP contribution in [0.1, 0.15) is 20.3 Å². The van der Waals surface area contributed by atoms with E-state index in [2.05, 4.69) is 28.9 Å². The molecule has 1 N–H and O–H groups in total. The van der Waals surface area contributed by atoms with Gasteiger partial charge in [0.25, 0.3) is 0 Å². The molecule has 3 nitrogen and oxygen atoms in total. The Labute approximate surface area is 75.2 Å². The lowest BCUT2D eigenvalue weighted by atomic mass is 10.2. The van der Waals surface area contributed by atoms with Gasteiger partial charge in [0, 0.05) is 6.54 Å². The number of nitrogens with one attached hydrogen (secondary N) is 1. The molecular formula is C9H20N2O. The first-order valence-corrected chi connectivity index (χ1v) is 4.49. The molecule has 0 saturated carbocycles. The Balaban J connectivity index is 2.96. The topological polar surface area (TPSA) is 33.6 Å². The van der Waals surface area contributed by atoms with Gasteiger partial charge in [0.1, 0.15) is 0 Å². The van der Waals surface area contributed by atoms with Crippen molar-refractivity contribution in [2.45, 2.75) is 20.3 Å². The van der Waals surface area contributed by atoms with Gasteiger partial charge in [0.2, 0.25) is 0 Å². The Morgan fingerprint density at radius 3 is 2.83 bits per heavy atom. The van der Waals surface area contributed by atoms with Gasteiger partial charge in [-0.15, -0.1) is 0 Å². The normalized spacial score (nSPS) is 11.3. The van der Waals surface area contributed by atoms with Crippen LogP contribution in [0.2, 0.25) is 0 Å². The van der Waals surface area contributed by atoms with Crippen LogP contribution in [0.3, 0.4) is 0 Å². The highest BCUT2D eigenvalue weighted by atomic mass is 16.5. The second-order valence-electron chi connectivity index (χ2n) is 3.20. The second-order valence-corrected chi connectivity index (χ2v) is 3.20. The second kappa shape index (κ2) is 8.53. The SMILES string of the molecule is COC=NCCCNCC(C)C. The molecule has 0 fully saturated rings. The van der Waals surface area contributed by atoms with Crippen LogP contribution in [-0.4, -0.2) is 33.1 Å². The minimum atomic E-state index is 0.729. The van der Waals surface area contributed by atoms with Gasteiger partial charge in [-0.2, -0.15) is 0 Å². The van der Waals surface area contributed by atoms with Crippen LogP contribution < -0.4 is 5.32 Å². The summed E-state index contributed by atoms with van der Waals surface area (Å²) in [6.07, 6.45) is 2.56. The zero-order chi connectivity index (χ0) is 9.23. The van der Waals surface area contributed by atoms with Crippen molar-refractivity contribution < 1.29 is 4.74 Å². The smallest absolute Gasteiger partial charge is 0.168 e. The Morgan fingerprint density at radius 1 is 1.50 bits per heavy atom. The first-order chi connectivity index (χ1) is 5.77. The summed E-state index contributed by atoms with van der Waals surface area (Å²) < 4.78 is 4.67. The van der Waals surface area contributed by atoms with Gasteiger partial charge in [-0.25, -0.2) is 0 Å². The van der Waals surface area contributed by atoms with E-state index in [-0.39, 0.29) is 0 Å². The van der Waals surface area contributed by atoms with E-state index >= 15 is 0 Å². The molecule has 72 valence electrons. The summed E-state index contributed by atoms with van der Waals surface area (Å²) in [5, 5.41) is 3.35. The fourth-order valence-corrected chi connectivity index (χ4v) is 0.813. The van der Waals surface area contributed by atoms with E-state index in [0.717, 1.165) is 32.0 Å². The number of rotatable bonds is 7. The van der Waals surface area contributed by atoms with Crippen LogP contribution in [0.5, 0.6) is 0 Å². The molecule has 0 aliphatic rings. The van der Waals surface area contributed by atoms with Gasteiger partial charge in [-0.3, -0.25) is 4.99 Å². The molecule has 0 heterocycles. The van der Waals surface area contributed by atoms with Gasteiger partial charge < -0.3 is 10.1 Å². The van der Waals surface area contributed by atoms with E-state index in [1.54, 1.807) is 7.11 Å². The molecule has 0 aromatic heterocycles. The maximum absolute atomic E-state index is 4.67. The van der Waals surface area contributed by atoms with E-state index in [1.165, 1.54) is 6.40 Å². The van der Waals surface area contributed by atoms with E-state index < -0.39 is 0 Å². The zero-order valence-corrected chi connectivity index (χ0v) is 8.34. The predicted molar refractivity (Wildman–Crippen MR) is 52.7 cm³/mol. The molecule has 0 atom stereocenters. The molecular weight excluding hydrogens is 152 g/mol. The van der Waals surface area contributed by atoms with E-state index in [0.29, 0.717) is 0 Å². The Bertz CT molecular complexity index is 113. The van der Waals surface area contributed by atoms with Crippen LogP contribution in [0.4, 0.5) is 0 Å². The monoisotopic (exact) mass is 172 g/mol. The van der Waals surface area contributed by atoms with Crippen molar-refractivity contribution >= 4 is 6.40 Å². The molecule has 3 heteroatoms. The molecule has 0 saturated heterocycles. The lowest BCUT2D eigenvalue weighted by molar-refractivity contribution is 0.420. The van der Waals surface area contributed by atoms with Gasteiger partial charge >= 0.3 is 0 Å². The van der Waals surface area contributed by atoms with Gasteiger partial charge in [-0.1, -0.05) is 13.8 Å². The predicted octanol–water partition coefficient (Wildman–Crippen LogP) is 1.30. The number of hydrogen-bond acceptors (Lipinski definition) is 3. The van der Waals surface area contributed by atoms with Crippen molar-refractivity contribution in [2.75, 3.05) is 26.7 Å². The number of nitrogens with zero attached hydrogens (tertiary/aromatic N) is 1. The van der Waals surface area contributed by atoms with Crippen molar-refractivity contribution in [2.24, 2.45) is 10.9 Å². The van der Waals surface area contributed by atoms with E-state index in [1.807, 2.05) is 0 Å². The summed E-state index contributed by atoms with van der Waals surface area (Å²) in [5.41, 5.74) is 0. The summed E-state index contributed by atoms with van der Waals surface area (Å²) in [5.74, 6) is 0.729. The lowest BCUT2D eigenvalue weighted by Crippen LogP contribution is -2.21. The molecule has 0 radical (unpaired) electrons. The highest BCUT2D eigenvalue weighted by Crippen LogP contribution is 1.87. The molecule has 0 unspecified atom stereocenters. The van der Waals surface area contributed by atoms with Crippen molar-refractivity contribution in [3.63, 3.8) is 0 Å². The number of methoxy groups -OCH3 is 1. The number of ether oxygens (including phenoxy) is 1. The molecule has 0 spiro atoms. The third kappa shape index (κ3) is 9.43. The number of hydrogen-bond donors (Lipinski definition) is 1. The maximum atomic E-state index is 4.67. The van der Waals surface area contributed by atoms with Crippen LogP contribution >= 0.6 is 0 Å². The van der Waals surface area contributed by atoms with Crippen molar-refractivity contribution in [3.05, 3.63) is 0 Å². The van der Waals surface area contributed by atoms with Gasteiger partial charge in [0.15, 0.2) is 6.40 Å². The quantitative estimate of drug-likeness (QED) is 0.357. The minimum absolute atomic E-state index is 0.729. The largest absolute Gasteiger partial charge is 0.487 e. The van der Waals surface area contributed by atoms with Crippen LogP contribution in [0, 0.1) is 5.92 Å². The summed E-state index contributed by atoms with van der Waals surface area (Å²) in [4.78, 5) is 4.02. The molecule has 0 aliphatic heterocycles. The fraction of sp³-hybridized carbons (Fsp3) is 0.889. The standard InChI is InChI=1S/C9H20N2O/c1-9(2)7-10-5-4-6-11-8-12-3/h8-10H,4-7H2,1-3H3. The fourth-order valence-electron chi connectivity index (χ4n) is 0.813. The summed E-state index contributed by atoms with van der Waals surface area (Å²) in [6.45, 7) is 7.39. The molecule has 0 rings (SSSR count). The van der Waals surface area contributed by atoms with E-state index in [4.69, 9.17) is 0 Å². The summed E-state index contributed by atoms with van der Waals surface area (Å²) in [6, 6.07) is 0. The molecule has 0 aromatic rings. The van der Waals surface area contributed by atoms with Crippen molar-refractivity contribution in [3.8, 4) is 0 Å². The molecule has 0 aromatic carbocycles. The minimum Gasteiger partial charge on any atom is -0.487 e. The number of aliphatic imine (C=N–C) groups is 1. The lowest BCUT2D eigenvalue weighted by Gasteiger charge is -2.05. The Hall–Kier alpha value is -0.570. The van der Waals surface area contributed by atoms with E-state index in [9.17, 15) is 0 Å². The Kier molecular flexibility index (Phi) is 8.12. The third-order valence-corrected chi connectivity index (χ3v) is 1.37. The van der Waals surface area contributed by atoms with Crippen molar-refractivity contribution in [1.29, 1.82) is 0 Å². The average molecular weight is 172 g/mol. The maximum Gasteiger partial charge on any atom is 0.168 e. The first-order valence-electron chi connectivity index (χ1n) is 4.49. The average Bonchev–Trinajstić information content (AvgIpc) is 2.02. The van der Waals surface area contributed by atoms with Crippen molar-refractivity contribution in [1.82, 2.24) is 5.32 Å². The highest BCUT2D eigenvalue weighted by Gasteiger charge is 1.91. The Morgan fingerprint density at radius 2 is 2.25 bits per heavy atom. The summed E-state index contributed by atoms with van der Waals surface area (Å²) >= 11 is 0. The zero-order valence-electron chi connectivity index (χ0n) is 8.34. The first kappa shape index (κ1) is 11.4. The van der Waals surface area contributed by atoms with Crippen LogP contribution in [-0.2, 0) is 4.74 Å². The summed E-state index contributed by atoms with van der Waals surface area (Å²) in [7, 11) is 1.61. The van der Waals surface area contributed by atoms with Crippen LogP contribution in [0.25, 0.3) is 0 Å². The van der Waals surface area contributed by atoms with Gasteiger partial charge in [-0.05, 0) is 25.4 Å². The third-order valence-electron chi connectivity index (χ3n) is 1.37. The van der Waals surface area contributed by atoms with Gasteiger partial charge in [0.05, 0.1) is 7.11 Å². The highest BCUT2D eigenvalue weighted by molar-refractivity contribution is 5.45. The molecule has 0 aliphatic carbocycles.